The molecule has 0 amide bonds. The van der Waals surface area contributed by atoms with Gasteiger partial charge in [-0.1, -0.05) is 42.5 Å². The summed E-state index contributed by atoms with van der Waals surface area (Å²) in [6.07, 6.45) is -1.76. The third kappa shape index (κ3) is 4.47. The molecule has 3 rings (SSSR count). The average Bonchev–Trinajstić information content (AvgIpc) is 2.67. The van der Waals surface area contributed by atoms with Crippen LogP contribution in [0.4, 0.5) is 8.78 Å². The van der Waals surface area contributed by atoms with Gasteiger partial charge in [-0.05, 0) is 24.1 Å². The zero-order valence-corrected chi connectivity index (χ0v) is 15.2. The molecule has 7 heteroatoms. The Balaban J connectivity index is 1.59. The topological polar surface area (TPSA) is 40.6 Å². The number of benzene rings is 2. The Morgan fingerprint density at radius 2 is 1.62 bits per heavy atom. The molecule has 1 aliphatic rings. The molecule has 2 aromatic carbocycles. The summed E-state index contributed by atoms with van der Waals surface area (Å²) in [7, 11) is -3.74. The number of piperazine rings is 1. The lowest BCUT2D eigenvalue weighted by Gasteiger charge is -2.34. The Hall–Kier alpha value is -1.83. The maximum atomic E-state index is 12.8. The Morgan fingerprint density at radius 1 is 0.923 bits per heavy atom. The summed E-state index contributed by atoms with van der Waals surface area (Å²) in [5.41, 5.74) is 0.985. The Kier molecular flexibility index (Phi) is 6.01. The fourth-order valence-electron chi connectivity index (χ4n) is 3.09. The summed E-state index contributed by atoms with van der Waals surface area (Å²) in [6, 6.07) is 15.2. The quantitative estimate of drug-likeness (QED) is 0.773. The minimum absolute atomic E-state index is 0.0620. The zero-order chi connectivity index (χ0) is 18.6. The van der Waals surface area contributed by atoms with E-state index in [1.165, 1.54) is 28.1 Å². The highest BCUT2D eigenvalue weighted by molar-refractivity contribution is 7.89. The third-order valence-electron chi connectivity index (χ3n) is 4.64. The van der Waals surface area contributed by atoms with Crippen LogP contribution in [0, 0.1) is 0 Å². The number of hydrogen-bond donors (Lipinski definition) is 0. The highest BCUT2D eigenvalue weighted by Gasteiger charge is 2.28. The van der Waals surface area contributed by atoms with Crippen LogP contribution < -0.4 is 0 Å². The van der Waals surface area contributed by atoms with Gasteiger partial charge >= 0.3 is 0 Å². The molecule has 2 aromatic rings. The molecule has 0 bridgehead atoms. The average molecular weight is 380 g/mol. The van der Waals surface area contributed by atoms with E-state index in [0.717, 1.165) is 19.0 Å². The molecule has 1 heterocycles. The van der Waals surface area contributed by atoms with E-state index in [-0.39, 0.29) is 10.5 Å². The summed E-state index contributed by atoms with van der Waals surface area (Å²) in [5.74, 6) is 0. The second kappa shape index (κ2) is 8.24. The van der Waals surface area contributed by atoms with Gasteiger partial charge in [0.2, 0.25) is 10.0 Å². The van der Waals surface area contributed by atoms with Crippen molar-refractivity contribution >= 4 is 10.0 Å². The van der Waals surface area contributed by atoms with Crippen molar-refractivity contribution in [2.45, 2.75) is 17.7 Å². The monoisotopic (exact) mass is 380 g/mol. The molecule has 0 aromatic heterocycles. The van der Waals surface area contributed by atoms with Crippen molar-refractivity contribution in [1.82, 2.24) is 9.21 Å². The van der Waals surface area contributed by atoms with Gasteiger partial charge in [0.05, 0.1) is 4.90 Å². The van der Waals surface area contributed by atoms with E-state index in [0.29, 0.717) is 26.2 Å². The lowest BCUT2D eigenvalue weighted by Crippen LogP contribution is -2.49. The lowest BCUT2D eigenvalue weighted by molar-refractivity contribution is 0.151. The summed E-state index contributed by atoms with van der Waals surface area (Å²) >= 11 is 0. The summed E-state index contributed by atoms with van der Waals surface area (Å²) in [4.78, 5) is 2.17. The Bertz CT molecular complexity index is 820. The standard InChI is InChI=1S/C19H22F2N2O2S/c20-19(21)17-7-4-8-18(15-17)26(24,25)23-13-11-22(12-14-23)10-9-16-5-2-1-3-6-16/h1-8,15,19H,9-14H2. The van der Waals surface area contributed by atoms with Crippen LogP contribution in [0.5, 0.6) is 0 Å². The van der Waals surface area contributed by atoms with Gasteiger partial charge < -0.3 is 4.90 Å². The largest absolute Gasteiger partial charge is 0.300 e. The number of hydrogen-bond acceptors (Lipinski definition) is 3. The highest BCUT2D eigenvalue weighted by atomic mass is 32.2. The van der Waals surface area contributed by atoms with Gasteiger partial charge in [-0.3, -0.25) is 0 Å². The smallest absolute Gasteiger partial charge is 0.263 e. The summed E-state index contributed by atoms with van der Waals surface area (Å²) < 4.78 is 52.5. The number of nitrogens with zero attached hydrogens (tertiary/aromatic N) is 2. The molecule has 0 unspecified atom stereocenters. The third-order valence-corrected chi connectivity index (χ3v) is 6.53. The van der Waals surface area contributed by atoms with Crippen molar-refractivity contribution in [2.24, 2.45) is 0 Å². The molecular weight excluding hydrogens is 358 g/mol. The van der Waals surface area contributed by atoms with Gasteiger partial charge in [-0.25, -0.2) is 17.2 Å². The molecule has 26 heavy (non-hydrogen) atoms. The molecule has 0 radical (unpaired) electrons. The van der Waals surface area contributed by atoms with E-state index >= 15 is 0 Å². The predicted molar refractivity (Wildman–Crippen MR) is 96.7 cm³/mol. The van der Waals surface area contributed by atoms with Gasteiger partial charge in [-0.2, -0.15) is 4.31 Å². The fourth-order valence-corrected chi connectivity index (χ4v) is 4.56. The molecule has 0 saturated carbocycles. The second-order valence-corrected chi connectivity index (χ2v) is 8.29. The van der Waals surface area contributed by atoms with Crippen LogP contribution in [-0.4, -0.2) is 50.3 Å². The van der Waals surface area contributed by atoms with Crippen LogP contribution >= 0.6 is 0 Å². The first-order chi connectivity index (χ1) is 12.5. The molecule has 1 saturated heterocycles. The van der Waals surface area contributed by atoms with Crippen LogP contribution in [0.2, 0.25) is 0 Å². The molecule has 0 atom stereocenters. The SMILES string of the molecule is O=S(=O)(c1cccc(C(F)F)c1)N1CCN(CCc2ccccc2)CC1. The zero-order valence-electron chi connectivity index (χ0n) is 14.4. The van der Waals surface area contributed by atoms with Gasteiger partial charge in [0.25, 0.3) is 6.43 Å². The first-order valence-electron chi connectivity index (χ1n) is 8.61. The van der Waals surface area contributed by atoms with Crippen molar-refractivity contribution in [3.05, 3.63) is 65.7 Å². The normalized spacial score (nSPS) is 16.9. The van der Waals surface area contributed by atoms with Gasteiger partial charge in [0.15, 0.2) is 0 Å². The van der Waals surface area contributed by atoms with Crippen LogP contribution in [0.25, 0.3) is 0 Å². The molecular formula is C19H22F2N2O2S. The lowest BCUT2D eigenvalue weighted by atomic mass is 10.1. The van der Waals surface area contributed by atoms with E-state index in [1.54, 1.807) is 0 Å². The molecule has 4 nitrogen and oxygen atoms in total. The number of halogens is 2. The summed E-state index contributed by atoms with van der Waals surface area (Å²) in [6.45, 7) is 2.89. The molecule has 0 spiro atoms. The fraction of sp³-hybridized carbons (Fsp3) is 0.368. The Labute approximate surface area is 153 Å². The van der Waals surface area contributed by atoms with Crippen molar-refractivity contribution in [2.75, 3.05) is 32.7 Å². The minimum atomic E-state index is -3.74. The van der Waals surface area contributed by atoms with Crippen LogP contribution in [0.15, 0.2) is 59.5 Å². The first-order valence-corrected chi connectivity index (χ1v) is 10.1. The number of sulfonamides is 1. The van der Waals surface area contributed by atoms with E-state index in [9.17, 15) is 17.2 Å². The van der Waals surface area contributed by atoms with Crippen molar-refractivity contribution in [3.8, 4) is 0 Å². The number of rotatable bonds is 6. The predicted octanol–water partition coefficient (Wildman–Crippen LogP) is 3.17. The van der Waals surface area contributed by atoms with E-state index in [1.807, 2.05) is 18.2 Å². The van der Waals surface area contributed by atoms with Gasteiger partial charge in [0.1, 0.15) is 0 Å². The molecule has 140 valence electrons. The van der Waals surface area contributed by atoms with E-state index in [4.69, 9.17) is 0 Å². The molecule has 1 aliphatic heterocycles. The van der Waals surface area contributed by atoms with Crippen LogP contribution in [0.3, 0.4) is 0 Å². The maximum absolute atomic E-state index is 12.8. The van der Waals surface area contributed by atoms with Crippen LogP contribution in [-0.2, 0) is 16.4 Å². The second-order valence-electron chi connectivity index (χ2n) is 6.35. The van der Waals surface area contributed by atoms with Gasteiger partial charge in [-0.15, -0.1) is 0 Å². The van der Waals surface area contributed by atoms with Crippen molar-refractivity contribution in [3.63, 3.8) is 0 Å². The Morgan fingerprint density at radius 3 is 2.27 bits per heavy atom. The molecule has 1 fully saturated rings. The van der Waals surface area contributed by atoms with Crippen molar-refractivity contribution in [1.29, 1.82) is 0 Å². The first kappa shape index (κ1) is 18.9. The molecule has 0 N–H and O–H groups in total. The molecule has 0 aliphatic carbocycles. The van der Waals surface area contributed by atoms with Crippen LogP contribution in [0.1, 0.15) is 17.6 Å². The van der Waals surface area contributed by atoms with E-state index in [2.05, 4.69) is 17.0 Å². The van der Waals surface area contributed by atoms with Crippen molar-refractivity contribution < 1.29 is 17.2 Å². The summed E-state index contributed by atoms with van der Waals surface area (Å²) in [5, 5.41) is 0. The maximum Gasteiger partial charge on any atom is 0.263 e. The highest BCUT2D eigenvalue weighted by Crippen LogP contribution is 2.24. The minimum Gasteiger partial charge on any atom is -0.300 e. The van der Waals surface area contributed by atoms with Gasteiger partial charge in [0, 0.05) is 38.3 Å². The number of alkyl halides is 2. The van der Waals surface area contributed by atoms with E-state index < -0.39 is 16.4 Å².